The average molecular weight is 217 g/mol. The molecule has 1 aliphatic carbocycles. The summed E-state index contributed by atoms with van der Waals surface area (Å²) in [7, 11) is 0. The number of allylic oxidation sites excluding steroid dienone is 1. The molecule has 1 aliphatic rings. The third-order valence-electron chi connectivity index (χ3n) is 2.99. The number of nitrogens with one attached hydrogen (secondary N) is 1. The Labute approximate surface area is 95.5 Å². The van der Waals surface area contributed by atoms with Gasteiger partial charge in [-0.1, -0.05) is 19.4 Å². The molecular weight excluding hydrogens is 201 g/mol. The molecule has 16 heavy (non-hydrogen) atoms. The Balaban J connectivity index is 2.28. The summed E-state index contributed by atoms with van der Waals surface area (Å²) in [5.41, 5.74) is 3.98. The van der Waals surface area contributed by atoms with Crippen molar-refractivity contribution in [3.05, 3.63) is 40.7 Å². The summed E-state index contributed by atoms with van der Waals surface area (Å²) in [5, 5.41) is 7.92. The standard InChI is InChI=1S/C14H16FN/c1-2-3-14(16)12-5-4-11-9-13(15)7-6-10(11)8-12/h6-9,16H,2-5H2,1H3. The Kier molecular flexibility index (Phi) is 3.18. The molecule has 0 aliphatic heterocycles. The monoisotopic (exact) mass is 217 g/mol. The summed E-state index contributed by atoms with van der Waals surface area (Å²) in [6, 6.07) is 4.90. The van der Waals surface area contributed by atoms with Gasteiger partial charge in [-0.2, -0.15) is 0 Å². The lowest BCUT2D eigenvalue weighted by atomic mass is 9.89. The number of hydrogen-bond donors (Lipinski definition) is 1. The Bertz CT molecular complexity index is 446. The molecule has 1 aromatic carbocycles. The predicted octanol–water partition coefficient (Wildman–Crippen LogP) is 3.98. The summed E-state index contributed by atoms with van der Waals surface area (Å²) in [5.74, 6) is -0.167. The number of aryl methyl sites for hydroxylation is 1. The highest BCUT2D eigenvalue weighted by molar-refractivity contribution is 6.02. The second kappa shape index (κ2) is 4.60. The number of hydrogen-bond acceptors (Lipinski definition) is 1. The molecule has 0 spiro atoms. The maximum Gasteiger partial charge on any atom is 0.123 e. The molecule has 2 heteroatoms. The molecule has 0 heterocycles. The van der Waals surface area contributed by atoms with Crippen LogP contribution in [-0.2, 0) is 6.42 Å². The van der Waals surface area contributed by atoms with Gasteiger partial charge in [-0.05, 0) is 54.2 Å². The van der Waals surface area contributed by atoms with Gasteiger partial charge in [0.05, 0.1) is 0 Å². The minimum absolute atomic E-state index is 0.167. The van der Waals surface area contributed by atoms with Crippen LogP contribution in [-0.4, -0.2) is 5.71 Å². The molecule has 0 atom stereocenters. The minimum Gasteiger partial charge on any atom is -0.305 e. The zero-order chi connectivity index (χ0) is 11.5. The van der Waals surface area contributed by atoms with E-state index in [2.05, 4.69) is 6.92 Å². The lowest BCUT2D eigenvalue weighted by Crippen LogP contribution is -2.07. The van der Waals surface area contributed by atoms with Crippen LogP contribution in [0.2, 0.25) is 0 Å². The normalized spacial score (nSPS) is 14.2. The van der Waals surface area contributed by atoms with Gasteiger partial charge in [-0.3, -0.25) is 0 Å². The van der Waals surface area contributed by atoms with E-state index >= 15 is 0 Å². The quantitative estimate of drug-likeness (QED) is 0.741. The van der Waals surface area contributed by atoms with Gasteiger partial charge in [0.15, 0.2) is 0 Å². The van der Waals surface area contributed by atoms with Crippen LogP contribution in [0.25, 0.3) is 6.08 Å². The van der Waals surface area contributed by atoms with Crippen molar-refractivity contribution >= 4 is 11.8 Å². The molecule has 1 aromatic rings. The maximum absolute atomic E-state index is 13.0. The van der Waals surface area contributed by atoms with Crippen LogP contribution in [0.1, 0.15) is 37.3 Å². The van der Waals surface area contributed by atoms with E-state index in [4.69, 9.17) is 5.41 Å². The van der Waals surface area contributed by atoms with E-state index in [0.717, 1.165) is 48.1 Å². The fourth-order valence-corrected chi connectivity index (χ4v) is 2.11. The number of benzene rings is 1. The third kappa shape index (κ3) is 2.21. The summed E-state index contributed by atoms with van der Waals surface area (Å²) in [6.07, 6.45) is 5.60. The van der Waals surface area contributed by atoms with E-state index < -0.39 is 0 Å². The van der Waals surface area contributed by atoms with Crippen molar-refractivity contribution in [2.75, 3.05) is 0 Å². The van der Waals surface area contributed by atoms with Gasteiger partial charge in [-0.15, -0.1) is 0 Å². The predicted molar refractivity (Wildman–Crippen MR) is 65.3 cm³/mol. The third-order valence-corrected chi connectivity index (χ3v) is 2.99. The Hall–Kier alpha value is -1.44. The molecule has 0 fully saturated rings. The highest BCUT2D eigenvalue weighted by atomic mass is 19.1. The van der Waals surface area contributed by atoms with Gasteiger partial charge in [0.25, 0.3) is 0 Å². The molecule has 0 saturated heterocycles. The zero-order valence-electron chi connectivity index (χ0n) is 9.52. The summed E-state index contributed by atoms with van der Waals surface area (Å²) >= 11 is 0. The van der Waals surface area contributed by atoms with Crippen molar-refractivity contribution in [1.29, 1.82) is 5.41 Å². The summed E-state index contributed by atoms with van der Waals surface area (Å²) in [4.78, 5) is 0. The Morgan fingerprint density at radius 1 is 1.38 bits per heavy atom. The van der Waals surface area contributed by atoms with Crippen LogP contribution >= 0.6 is 0 Å². The zero-order valence-corrected chi connectivity index (χ0v) is 9.52. The van der Waals surface area contributed by atoms with Crippen molar-refractivity contribution in [2.45, 2.75) is 32.6 Å². The summed E-state index contributed by atoms with van der Waals surface area (Å²) < 4.78 is 13.0. The maximum atomic E-state index is 13.0. The summed E-state index contributed by atoms with van der Waals surface area (Å²) in [6.45, 7) is 2.08. The van der Waals surface area contributed by atoms with Crippen LogP contribution in [0.15, 0.2) is 23.8 Å². The lowest BCUT2D eigenvalue weighted by Gasteiger charge is -2.17. The van der Waals surface area contributed by atoms with E-state index in [1.807, 2.05) is 12.1 Å². The van der Waals surface area contributed by atoms with E-state index in [9.17, 15) is 4.39 Å². The first-order valence-corrected chi connectivity index (χ1v) is 5.77. The van der Waals surface area contributed by atoms with Crippen LogP contribution < -0.4 is 0 Å². The second-order valence-corrected chi connectivity index (χ2v) is 4.24. The van der Waals surface area contributed by atoms with Crippen molar-refractivity contribution < 1.29 is 4.39 Å². The van der Waals surface area contributed by atoms with Crippen molar-refractivity contribution in [2.24, 2.45) is 0 Å². The molecular formula is C14H16FN. The molecule has 0 amide bonds. The van der Waals surface area contributed by atoms with Crippen LogP contribution in [0, 0.1) is 11.2 Å². The highest BCUT2D eigenvalue weighted by Gasteiger charge is 2.13. The van der Waals surface area contributed by atoms with E-state index in [1.54, 1.807) is 6.07 Å². The van der Waals surface area contributed by atoms with E-state index in [-0.39, 0.29) is 5.82 Å². The van der Waals surface area contributed by atoms with Gasteiger partial charge < -0.3 is 5.41 Å². The minimum atomic E-state index is -0.167. The Morgan fingerprint density at radius 3 is 2.94 bits per heavy atom. The fourth-order valence-electron chi connectivity index (χ4n) is 2.11. The van der Waals surface area contributed by atoms with Crippen molar-refractivity contribution in [3.63, 3.8) is 0 Å². The number of fused-ring (bicyclic) bond motifs is 1. The smallest absolute Gasteiger partial charge is 0.123 e. The van der Waals surface area contributed by atoms with Crippen LogP contribution in [0.3, 0.4) is 0 Å². The second-order valence-electron chi connectivity index (χ2n) is 4.24. The van der Waals surface area contributed by atoms with Gasteiger partial charge in [-0.25, -0.2) is 4.39 Å². The van der Waals surface area contributed by atoms with Crippen LogP contribution in [0.4, 0.5) is 4.39 Å². The number of halogens is 1. The first-order valence-electron chi connectivity index (χ1n) is 5.77. The SMILES string of the molecule is CCCC(=N)C1=Cc2ccc(F)cc2CC1. The number of rotatable bonds is 3. The van der Waals surface area contributed by atoms with E-state index in [1.165, 1.54) is 6.07 Å². The first kappa shape index (κ1) is 11.1. The first-order chi connectivity index (χ1) is 7.70. The molecule has 0 aromatic heterocycles. The topological polar surface area (TPSA) is 23.9 Å². The molecule has 0 bridgehead atoms. The molecule has 0 unspecified atom stereocenters. The fraction of sp³-hybridized carbons (Fsp3) is 0.357. The average Bonchev–Trinajstić information content (AvgIpc) is 2.28. The van der Waals surface area contributed by atoms with Gasteiger partial charge in [0, 0.05) is 5.71 Å². The van der Waals surface area contributed by atoms with Crippen molar-refractivity contribution in [3.8, 4) is 0 Å². The van der Waals surface area contributed by atoms with Crippen LogP contribution in [0.5, 0.6) is 0 Å². The van der Waals surface area contributed by atoms with Gasteiger partial charge in [0.1, 0.15) is 5.82 Å². The lowest BCUT2D eigenvalue weighted by molar-refractivity contribution is 0.624. The van der Waals surface area contributed by atoms with Gasteiger partial charge in [0.2, 0.25) is 0 Å². The molecule has 1 nitrogen and oxygen atoms in total. The highest BCUT2D eigenvalue weighted by Crippen LogP contribution is 2.25. The molecule has 84 valence electrons. The Morgan fingerprint density at radius 2 is 2.19 bits per heavy atom. The van der Waals surface area contributed by atoms with Crippen molar-refractivity contribution in [1.82, 2.24) is 0 Å². The van der Waals surface area contributed by atoms with E-state index in [0.29, 0.717) is 0 Å². The largest absolute Gasteiger partial charge is 0.305 e. The molecule has 2 rings (SSSR count). The van der Waals surface area contributed by atoms with Gasteiger partial charge >= 0.3 is 0 Å². The molecule has 0 saturated carbocycles. The molecule has 1 N–H and O–H groups in total. The molecule has 0 radical (unpaired) electrons.